The van der Waals surface area contributed by atoms with E-state index in [1.165, 1.54) is 5.56 Å². The van der Waals surface area contributed by atoms with Crippen LogP contribution in [0.2, 0.25) is 0 Å². The number of likely N-dealkylation sites (N-methyl/N-ethyl adjacent to an activating group) is 1. The molecule has 1 N–H and O–H groups in total. The quantitative estimate of drug-likeness (QED) is 0.738. The van der Waals surface area contributed by atoms with Crippen LogP contribution in [0.4, 0.5) is 0 Å². The van der Waals surface area contributed by atoms with E-state index in [-0.39, 0.29) is 0 Å². The minimum absolute atomic E-state index is 0.402. The molecule has 0 bridgehead atoms. The van der Waals surface area contributed by atoms with E-state index in [2.05, 4.69) is 36.3 Å². The molecule has 0 amide bonds. The zero-order valence-electron chi connectivity index (χ0n) is 12.5. The summed E-state index contributed by atoms with van der Waals surface area (Å²) in [7, 11) is 5.55. The molecule has 4 nitrogen and oxygen atoms in total. The van der Waals surface area contributed by atoms with Crippen LogP contribution < -0.4 is 10.1 Å². The molecular formula is C15H26N2O2. The topological polar surface area (TPSA) is 33.7 Å². The number of hydrogen-bond acceptors (Lipinski definition) is 4. The molecule has 1 aromatic rings. The lowest BCUT2D eigenvalue weighted by Crippen LogP contribution is -2.36. The Labute approximate surface area is 116 Å². The second-order valence-corrected chi connectivity index (χ2v) is 4.90. The molecule has 1 aromatic carbocycles. The highest BCUT2D eigenvalue weighted by atomic mass is 16.5. The van der Waals surface area contributed by atoms with Crippen LogP contribution in [-0.4, -0.2) is 51.9 Å². The SMILES string of the molecule is COCC(C)NCCN(C)Cc1ccc(OC)cc1. The molecule has 1 unspecified atom stereocenters. The highest BCUT2D eigenvalue weighted by Gasteiger charge is 2.03. The molecule has 4 heteroatoms. The fourth-order valence-corrected chi connectivity index (χ4v) is 1.93. The van der Waals surface area contributed by atoms with Gasteiger partial charge in [0.15, 0.2) is 0 Å². The third kappa shape index (κ3) is 6.57. The fourth-order valence-electron chi connectivity index (χ4n) is 1.93. The van der Waals surface area contributed by atoms with Crippen molar-refractivity contribution in [3.05, 3.63) is 29.8 Å². The maximum absolute atomic E-state index is 5.15. The molecule has 0 aromatic heterocycles. The second kappa shape index (κ2) is 8.91. The molecule has 1 rings (SSSR count). The summed E-state index contributed by atoms with van der Waals surface area (Å²) in [4.78, 5) is 2.30. The molecule has 0 aliphatic heterocycles. The molecule has 0 heterocycles. The first-order valence-electron chi connectivity index (χ1n) is 6.69. The van der Waals surface area contributed by atoms with Crippen molar-refractivity contribution in [3.8, 4) is 5.75 Å². The van der Waals surface area contributed by atoms with Gasteiger partial charge in [0, 0.05) is 32.8 Å². The van der Waals surface area contributed by atoms with Gasteiger partial charge in [0.25, 0.3) is 0 Å². The third-order valence-corrected chi connectivity index (χ3v) is 3.01. The molecule has 0 radical (unpaired) electrons. The Kier molecular flexibility index (Phi) is 7.48. The fraction of sp³-hybridized carbons (Fsp3) is 0.600. The smallest absolute Gasteiger partial charge is 0.118 e. The lowest BCUT2D eigenvalue weighted by atomic mass is 10.2. The van der Waals surface area contributed by atoms with Crippen LogP contribution in [-0.2, 0) is 11.3 Å². The van der Waals surface area contributed by atoms with Crippen molar-refractivity contribution in [2.24, 2.45) is 0 Å². The Bertz CT molecular complexity index is 341. The minimum Gasteiger partial charge on any atom is -0.497 e. The van der Waals surface area contributed by atoms with E-state index < -0.39 is 0 Å². The van der Waals surface area contributed by atoms with Gasteiger partial charge >= 0.3 is 0 Å². The summed E-state index contributed by atoms with van der Waals surface area (Å²) in [5, 5.41) is 3.43. The van der Waals surface area contributed by atoms with Gasteiger partial charge in [-0.25, -0.2) is 0 Å². The first kappa shape index (κ1) is 16.0. The lowest BCUT2D eigenvalue weighted by molar-refractivity contribution is 0.170. The number of methoxy groups -OCH3 is 2. The van der Waals surface area contributed by atoms with Gasteiger partial charge in [-0.3, -0.25) is 0 Å². The van der Waals surface area contributed by atoms with Crippen LogP contribution in [0.15, 0.2) is 24.3 Å². The average molecular weight is 266 g/mol. The van der Waals surface area contributed by atoms with Gasteiger partial charge in [0.05, 0.1) is 13.7 Å². The van der Waals surface area contributed by atoms with Crippen LogP contribution in [0.1, 0.15) is 12.5 Å². The third-order valence-electron chi connectivity index (χ3n) is 3.01. The number of nitrogens with zero attached hydrogens (tertiary/aromatic N) is 1. The van der Waals surface area contributed by atoms with Crippen molar-refractivity contribution in [1.82, 2.24) is 10.2 Å². The van der Waals surface area contributed by atoms with Gasteiger partial charge < -0.3 is 19.7 Å². The molecule has 0 aliphatic carbocycles. The average Bonchev–Trinajstić information content (AvgIpc) is 2.40. The van der Waals surface area contributed by atoms with E-state index in [9.17, 15) is 0 Å². The largest absolute Gasteiger partial charge is 0.497 e. The van der Waals surface area contributed by atoms with E-state index in [0.29, 0.717) is 6.04 Å². The maximum Gasteiger partial charge on any atom is 0.118 e. The maximum atomic E-state index is 5.15. The van der Waals surface area contributed by atoms with Crippen LogP contribution in [0, 0.1) is 0 Å². The van der Waals surface area contributed by atoms with Gasteiger partial charge in [-0.1, -0.05) is 12.1 Å². The predicted molar refractivity (Wildman–Crippen MR) is 78.7 cm³/mol. The monoisotopic (exact) mass is 266 g/mol. The van der Waals surface area contributed by atoms with Gasteiger partial charge in [-0.15, -0.1) is 0 Å². The molecule has 0 saturated heterocycles. The van der Waals surface area contributed by atoms with Crippen molar-refractivity contribution in [2.75, 3.05) is 41.0 Å². The van der Waals surface area contributed by atoms with Crippen LogP contribution in [0.3, 0.4) is 0 Å². The number of nitrogens with one attached hydrogen (secondary N) is 1. The van der Waals surface area contributed by atoms with E-state index in [4.69, 9.17) is 9.47 Å². The second-order valence-electron chi connectivity index (χ2n) is 4.90. The Balaban J connectivity index is 2.24. The van der Waals surface area contributed by atoms with Gasteiger partial charge in [0.1, 0.15) is 5.75 Å². The van der Waals surface area contributed by atoms with Crippen LogP contribution in [0.25, 0.3) is 0 Å². The van der Waals surface area contributed by atoms with Gasteiger partial charge in [-0.2, -0.15) is 0 Å². The minimum atomic E-state index is 0.402. The summed E-state index contributed by atoms with van der Waals surface area (Å²) < 4.78 is 10.2. The van der Waals surface area contributed by atoms with E-state index in [1.54, 1.807) is 14.2 Å². The normalized spacial score (nSPS) is 12.7. The first-order valence-corrected chi connectivity index (χ1v) is 6.69. The number of benzene rings is 1. The molecular weight excluding hydrogens is 240 g/mol. The molecule has 19 heavy (non-hydrogen) atoms. The number of rotatable bonds is 9. The van der Waals surface area contributed by atoms with Crippen molar-refractivity contribution >= 4 is 0 Å². The first-order chi connectivity index (χ1) is 9.15. The van der Waals surface area contributed by atoms with Crippen molar-refractivity contribution in [1.29, 1.82) is 0 Å². The standard InChI is InChI=1S/C15H26N2O2/c1-13(12-18-3)16-9-10-17(2)11-14-5-7-15(19-4)8-6-14/h5-8,13,16H,9-12H2,1-4H3. The van der Waals surface area contributed by atoms with Crippen molar-refractivity contribution in [2.45, 2.75) is 19.5 Å². The molecule has 0 saturated carbocycles. The van der Waals surface area contributed by atoms with Crippen molar-refractivity contribution < 1.29 is 9.47 Å². The van der Waals surface area contributed by atoms with E-state index >= 15 is 0 Å². The summed E-state index contributed by atoms with van der Waals surface area (Å²) in [6.45, 7) is 5.82. The molecule has 0 aliphatic rings. The molecule has 0 fully saturated rings. The summed E-state index contributed by atoms with van der Waals surface area (Å²) in [6, 6.07) is 8.62. The van der Waals surface area contributed by atoms with Crippen molar-refractivity contribution in [3.63, 3.8) is 0 Å². The summed E-state index contributed by atoms with van der Waals surface area (Å²) >= 11 is 0. The Morgan fingerprint density at radius 3 is 2.47 bits per heavy atom. The van der Waals surface area contributed by atoms with E-state index in [1.807, 2.05) is 12.1 Å². The number of hydrogen-bond donors (Lipinski definition) is 1. The molecule has 1 atom stereocenters. The zero-order chi connectivity index (χ0) is 14.1. The summed E-state index contributed by atoms with van der Waals surface area (Å²) in [6.07, 6.45) is 0. The highest BCUT2D eigenvalue weighted by Crippen LogP contribution is 2.12. The number of ether oxygens (including phenoxy) is 2. The predicted octanol–water partition coefficient (Wildman–Crippen LogP) is 1.75. The Morgan fingerprint density at radius 2 is 1.89 bits per heavy atom. The van der Waals surface area contributed by atoms with Gasteiger partial charge in [0.2, 0.25) is 0 Å². The Hall–Kier alpha value is -1.10. The lowest BCUT2D eigenvalue weighted by Gasteiger charge is -2.19. The molecule has 0 spiro atoms. The van der Waals surface area contributed by atoms with Gasteiger partial charge in [-0.05, 0) is 31.7 Å². The Morgan fingerprint density at radius 1 is 1.21 bits per heavy atom. The highest BCUT2D eigenvalue weighted by molar-refractivity contribution is 5.26. The van der Waals surface area contributed by atoms with Crippen LogP contribution in [0.5, 0.6) is 5.75 Å². The summed E-state index contributed by atoms with van der Waals surface area (Å²) in [5.41, 5.74) is 1.30. The molecule has 108 valence electrons. The summed E-state index contributed by atoms with van der Waals surface area (Å²) in [5.74, 6) is 0.904. The zero-order valence-corrected chi connectivity index (χ0v) is 12.5. The van der Waals surface area contributed by atoms with E-state index in [0.717, 1.165) is 32.0 Å². The van der Waals surface area contributed by atoms with Crippen LogP contribution >= 0.6 is 0 Å².